The van der Waals surface area contributed by atoms with Crippen LogP contribution in [-0.2, 0) is 18.9 Å². The summed E-state index contributed by atoms with van der Waals surface area (Å²) in [5.41, 5.74) is 0.955. The second kappa shape index (κ2) is 19.6. The minimum absolute atomic E-state index is 0.100. The summed E-state index contributed by atoms with van der Waals surface area (Å²) < 4.78 is 27.8. The fraction of sp³-hybridized carbons (Fsp3) is 0.565. The predicted octanol–water partition coefficient (Wildman–Crippen LogP) is 9.39. The zero-order valence-electron chi connectivity index (χ0n) is 38.8. The van der Waals surface area contributed by atoms with E-state index in [9.17, 15) is 19.2 Å². The number of amides is 4. The molecule has 17 heteroatoms. The van der Waals surface area contributed by atoms with Gasteiger partial charge < -0.3 is 33.2 Å². The zero-order chi connectivity index (χ0) is 46.3. The van der Waals surface area contributed by atoms with Gasteiger partial charge >= 0.3 is 24.4 Å². The highest BCUT2D eigenvalue weighted by molar-refractivity contribution is 5.99. The van der Waals surface area contributed by atoms with Crippen molar-refractivity contribution in [3.8, 4) is 22.9 Å². The first kappa shape index (κ1) is 48.0. The Morgan fingerprint density at radius 3 is 1.11 bits per heavy atom. The molecule has 2 saturated heterocycles. The summed E-state index contributed by atoms with van der Waals surface area (Å²) in [4.78, 5) is 62.5. The van der Waals surface area contributed by atoms with Crippen LogP contribution in [0.15, 0.2) is 62.9 Å². The molecule has 3 aromatic rings. The highest BCUT2D eigenvalue weighted by atomic mass is 16.6. The number of guanidine groups is 2. The Labute approximate surface area is 370 Å². The van der Waals surface area contributed by atoms with Crippen molar-refractivity contribution in [1.82, 2.24) is 30.6 Å². The topological polar surface area (TPSA) is 199 Å². The average molecular weight is 873 g/mol. The molecule has 2 aliphatic heterocycles. The Bertz CT molecular complexity index is 1970. The smallest absolute Gasteiger partial charge is 0.437 e. The van der Waals surface area contributed by atoms with E-state index in [1.54, 1.807) is 83.1 Å². The van der Waals surface area contributed by atoms with Crippen molar-refractivity contribution in [2.75, 3.05) is 26.2 Å². The van der Waals surface area contributed by atoms with Gasteiger partial charge in [0.1, 0.15) is 22.4 Å². The molecule has 0 radical (unpaired) electrons. The van der Waals surface area contributed by atoms with E-state index in [-0.39, 0.29) is 23.8 Å². The van der Waals surface area contributed by atoms with E-state index in [4.69, 9.17) is 23.4 Å². The average Bonchev–Trinajstić information content (AvgIpc) is 3.65. The van der Waals surface area contributed by atoms with E-state index in [1.807, 2.05) is 34.1 Å². The largest absolute Gasteiger partial charge is 0.444 e. The molecule has 0 spiro atoms. The quantitative estimate of drug-likeness (QED) is 0.143. The standard InChI is InChI=1S/C46H64N8O9/c1-43(2,3)60-39(55)47-37(48-40(56)61-44(4,5)6)53-25-21-31(22-26-53)29-13-17-33(18-14-29)35-51-52-36(59-35)34-19-15-30(16-20-34)32-23-27-54(28-24-32)38(49-41(57)62-45(7,8)9)50-42(58)63-46(10,11)12/h13-20,31-32H,21-28H2,1-12H3,(H,47,48,55,56)(H,49,50,57,58). The van der Waals surface area contributed by atoms with Crippen molar-refractivity contribution in [2.24, 2.45) is 9.98 Å². The number of benzene rings is 2. The number of nitrogens with zero attached hydrogens (tertiary/aromatic N) is 6. The SMILES string of the molecule is CC(C)(C)OC(=O)/N=C(/NC(=O)OC(C)(C)C)N1CCC(c2ccc(-c3nnc(-c4ccc(C5CCN(/C(=N/C(=O)OC(C)(C)C)NC(=O)OC(C)(C)C)CC5)cc4)o3)cc2)CC1. The third-order valence-electron chi connectivity index (χ3n) is 9.68. The maximum Gasteiger partial charge on any atom is 0.437 e. The molecule has 0 unspecified atom stereocenters. The van der Waals surface area contributed by atoms with Gasteiger partial charge in [-0.2, -0.15) is 0 Å². The highest BCUT2D eigenvalue weighted by Crippen LogP contribution is 2.33. The number of alkyl carbamates (subject to hydrolysis) is 2. The van der Waals surface area contributed by atoms with E-state index < -0.39 is 46.8 Å². The minimum atomic E-state index is -0.794. The first-order chi connectivity index (χ1) is 29.3. The van der Waals surface area contributed by atoms with Gasteiger partial charge in [-0.1, -0.05) is 24.3 Å². The van der Waals surface area contributed by atoms with E-state index in [0.717, 1.165) is 47.9 Å². The van der Waals surface area contributed by atoms with E-state index in [2.05, 4.69) is 55.1 Å². The zero-order valence-corrected chi connectivity index (χ0v) is 38.8. The van der Waals surface area contributed by atoms with Crippen molar-refractivity contribution >= 4 is 36.3 Å². The van der Waals surface area contributed by atoms with Gasteiger partial charge in [-0.15, -0.1) is 20.2 Å². The van der Waals surface area contributed by atoms with Crippen LogP contribution in [0, 0.1) is 0 Å². The number of carbonyl (C=O) groups is 4. The van der Waals surface area contributed by atoms with Gasteiger partial charge in [0, 0.05) is 37.3 Å². The molecule has 0 bridgehead atoms. The number of rotatable bonds is 4. The Balaban J connectivity index is 1.17. The molecule has 5 rings (SSSR count). The normalized spacial score (nSPS) is 16.3. The molecule has 2 fully saturated rings. The number of carbonyl (C=O) groups excluding carboxylic acids is 4. The number of nitrogens with one attached hydrogen (secondary N) is 2. The van der Waals surface area contributed by atoms with Gasteiger partial charge in [0.25, 0.3) is 0 Å². The number of aromatic nitrogens is 2. The second-order valence-corrected chi connectivity index (χ2v) is 19.8. The number of aliphatic imine (C=N–C) groups is 2. The van der Waals surface area contributed by atoms with Gasteiger partial charge in [-0.25, -0.2) is 19.2 Å². The summed E-state index contributed by atoms with van der Waals surface area (Å²) >= 11 is 0. The first-order valence-corrected chi connectivity index (χ1v) is 21.5. The molecule has 3 heterocycles. The summed E-state index contributed by atoms with van der Waals surface area (Å²) in [6.45, 7) is 23.3. The van der Waals surface area contributed by atoms with Crippen LogP contribution in [0.3, 0.4) is 0 Å². The van der Waals surface area contributed by atoms with Crippen LogP contribution in [0.4, 0.5) is 19.2 Å². The van der Waals surface area contributed by atoms with Gasteiger partial charge in [0.05, 0.1) is 0 Å². The monoisotopic (exact) mass is 872 g/mol. The van der Waals surface area contributed by atoms with Gasteiger partial charge in [0.2, 0.25) is 23.7 Å². The summed E-state index contributed by atoms with van der Waals surface area (Å²) in [5.74, 6) is 1.49. The lowest BCUT2D eigenvalue weighted by Gasteiger charge is -2.34. The van der Waals surface area contributed by atoms with Gasteiger partial charge in [0.15, 0.2) is 0 Å². The van der Waals surface area contributed by atoms with Crippen LogP contribution in [0.2, 0.25) is 0 Å². The van der Waals surface area contributed by atoms with Crippen LogP contribution in [0.1, 0.15) is 132 Å². The molecule has 4 amide bonds. The predicted molar refractivity (Wildman–Crippen MR) is 238 cm³/mol. The first-order valence-electron chi connectivity index (χ1n) is 21.5. The third-order valence-corrected chi connectivity index (χ3v) is 9.68. The lowest BCUT2D eigenvalue weighted by atomic mass is 9.89. The number of hydrogen-bond donors (Lipinski definition) is 2. The number of likely N-dealkylation sites (tertiary alicyclic amines) is 2. The third kappa shape index (κ3) is 15.4. The lowest BCUT2D eigenvalue weighted by Crippen LogP contribution is -2.49. The van der Waals surface area contributed by atoms with Crippen molar-refractivity contribution in [1.29, 1.82) is 0 Å². The van der Waals surface area contributed by atoms with Crippen LogP contribution in [0.5, 0.6) is 0 Å². The maximum atomic E-state index is 12.7. The molecule has 0 saturated carbocycles. The lowest BCUT2D eigenvalue weighted by molar-refractivity contribution is 0.0534. The summed E-state index contributed by atoms with van der Waals surface area (Å²) in [7, 11) is 0. The van der Waals surface area contributed by atoms with Crippen molar-refractivity contribution in [2.45, 2.75) is 143 Å². The molecular formula is C46H64N8O9. The molecule has 17 nitrogen and oxygen atoms in total. The molecule has 0 atom stereocenters. The van der Waals surface area contributed by atoms with Crippen LogP contribution >= 0.6 is 0 Å². The van der Waals surface area contributed by atoms with E-state index in [1.165, 1.54) is 0 Å². The van der Waals surface area contributed by atoms with Crippen molar-refractivity contribution in [3.05, 3.63) is 59.7 Å². The van der Waals surface area contributed by atoms with Crippen LogP contribution in [-0.4, -0.2) is 105 Å². The molecule has 63 heavy (non-hydrogen) atoms. The molecule has 0 aliphatic carbocycles. The Morgan fingerprint density at radius 1 is 0.524 bits per heavy atom. The van der Waals surface area contributed by atoms with Gasteiger partial charge in [-0.3, -0.25) is 10.6 Å². The Hall–Kier alpha value is -6.00. The number of hydrogen-bond acceptors (Lipinski definition) is 11. The molecular weight excluding hydrogens is 809 g/mol. The highest BCUT2D eigenvalue weighted by Gasteiger charge is 2.30. The van der Waals surface area contributed by atoms with Gasteiger partial charge in [-0.05, 0) is 156 Å². The minimum Gasteiger partial charge on any atom is -0.444 e. The fourth-order valence-corrected chi connectivity index (χ4v) is 6.99. The summed E-state index contributed by atoms with van der Waals surface area (Å²) in [5, 5.41) is 14.0. The van der Waals surface area contributed by atoms with Crippen molar-refractivity contribution < 1.29 is 42.5 Å². The Morgan fingerprint density at radius 2 is 0.825 bits per heavy atom. The Kier molecular flexibility index (Phi) is 14.9. The maximum absolute atomic E-state index is 12.7. The van der Waals surface area contributed by atoms with Crippen LogP contribution < -0.4 is 10.6 Å². The number of ether oxygens (including phenoxy) is 4. The second-order valence-electron chi connectivity index (χ2n) is 19.8. The number of piperidine rings is 2. The van der Waals surface area contributed by atoms with Crippen LogP contribution in [0.25, 0.3) is 22.9 Å². The fourth-order valence-electron chi connectivity index (χ4n) is 6.99. The van der Waals surface area contributed by atoms with Crippen molar-refractivity contribution in [3.63, 3.8) is 0 Å². The molecule has 342 valence electrons. The summed E-state index contributed by atoms with van der Waals surface area (Å²) in [6, 6.07) is 16.1. The molecule has 2 aromatic carbocycles. The molecule has 2 aliphatic rings. The van der Waals surface area contributed by atoms with E-state index in [0.29, 0.717) is 38.0 Å². The molecule has 2 N–H and O–H groups in total. The molecule has 1 aromatic heterocycles. The summed E-state index contributed by atoms with van der Waals surface area (Å²) in [6.07, 6.45) is 0.0553. The van der Waals surface area contributed by atoms with E-state index >= 15 is 0 Å².